The highest BCUT2D eigenvalue weighted by molar-refractivity contribution is 7.89. The molecule has 2 atom stereocenters. The van der Waals surface area contributed by atoms with Gasteiger partial charge in [0, 0.05) is 0 Å². The number of hydrogen-bond donors (Lipinski definition) is 2. The monoisotopic (exact) mass is 391 g/mol. The average Bonchev–Trinajstić information content (AvgIpc) is 2.66. The summed E-state index contributed by atoms with van der Waals surface area (Å²) in [5, 5.41) is 10.3. The van der Waals surface area contributed by atoms with Gasteiger partial charge in [0.15, 0.2) is 6.10 Å². The zero-order chi connectivity index (χ0) is 19.9. The Balaban J connectivity index is 2.19. The Morgan fingerprint density at radius 2 is 1.74 bits per heavy atom. The van der Waals surface area contributed by atoms with Gasteiger partial charge in [0.05, 0.1) is 17.5 Å². The molecular weight excluding hydrogens is 366 g/mol. The second-order valence-corrected chi connectivity index (χ2v) is 7.98. The zero-order valence-corrected chi connectivity index (χ0v) is 16.3. The fourth-order valence-electron chi connectivity index (χ4n) is 2.62. The molecule has 0 aliphatic heterocycles. The number of sulfonamides is 1. The quantitative estimate of drug-likeness (QED) is 0.639. The summed E-state index contributed by atoms with van der Waals surface area (Å²) in [5.41, 5.74) is 1.91. The first kappa shape index (κ1) is 21.1. The summed E-state index contributed by atoms with van der Waals surface area (Å²) in [4.78, 5) is 12.0. The number of ether oxygens (including phenoxy) is 1. The maximum absolute atomic E-state index is 12.7. The van der Waals surface area contributed by atoms with E-state index < -0.39 is 28.1 Å². The Bertz CT molecular complexity index is 834. The number of aryl methyl sites for hydroxylation is 2. The number of carbonyl (C=O) groups is 1. The first-order chi connectivity index (χ1) is 12.8. The van der Waals surface area contributed by atoms with Crippen LogP contribution < -0.4 is 4.72 Å². The van der Waals surface area contributed by atoms with E-state index in [9.17, 15) is 18.3 Å². The van der Waals surface area contributed by atoms with Gasteiger partial charge in [0.1, 0.15) is 0 Å². The number of esters is 1. The van der Waals surface area contributed by atoms with Crippen molar-refractivity contribution in [2.75, 3.05) is 6.61 Å². The molecule has 146 valence electrons. The van der Waals surface area contributed by atoms with Crippen LogP contribution in [0.2, 0.25) is 0 Å². The Morgan fingerprint density at radius 1 is 1.11 bits per heavy atom. The van der Waals surface area contributed by atoms with Gasteiger partial charge in [0.2, 0.25) is 10.0 Å². The van der Waals surface area contributed by atoms with Gasteiger partial charge in [-0.25, -0.2) is 17.9 Å². The second kappa shape index (κ2) is 9.64. The lowest BCUT2D eigenvalue weighted by molar-refractivity contribution is -0.154. The van der Waals surface area contributed by atoms with Crippen LogP contribution >= 0.6 is 0 Å². The Labute approximate surface area is 160 Å². The lowest BCUT2D eigenvalue weighted by atomic mass is 10.0. The first-order valence-corrected chi connectivity index (χ1v) is 10.3. The van der Waals surface area contributed by atoms with Crippen LogP contribution in [0, 0.1) is 6.92 Å². The van der Waals surface area contributed by atoms with Gasteiger partial charge < -0.3 is 9.84 Å². The molecule has 0 saturated heterocycles. The summed E-state index contributed by atoms with van der Waals surface area (Å²) < 4.78 is 32.7. The molecule has 0 unspecified atom stereocenters. The summed E-state index contributed by atoms with van der Waals surface area (Å²) in [6.45, 7) is 3.59. The molecule has 27 heavy (non-hydrogen) atoms. The number of hydrogen-bond acceptors (Lipinski definition) is 5. The third kappa shape index (κ3) is 6.16. The summed E-state index contributed by atoms with van der Waals surface area (Å²) >= 11 is 0. The highest BCUT2D eigenvalue weighted by Crippen LogP contribution is 2.15. The molecule has 6 nitrogen and oxygen atoms in total. The normalized spacial score (nSPS) is 13.7. The van der Waals surface area contributed by atoms with Crippen LogP contribution in [0.4, 0.5) is 0 Å². The molecule has 0 spiro atoms. The van der Waals surface area contributed by atoms with Crippen molar-refractivity contribution in [1.82, 2.24) is 4.72 Å². The van der Waals surface area contributed by atoms with Gasteiger partial charge in [0.25, 0.3) is 0 Å². The molecular formula is C20H25NO5S. The minimum Gasteiger partial charge on any atom is -0.464 e. The van der Waals surface area contributed by atoms with Crippen molar-refractivity contribution in [2.45, 2.75) is 43.7 Å². The maximum atomic E-state index is 12.7. The van der Waals surface area contributed by atoms with Crippen LogP contribution in [-0.2, 0) is 26.0 Å². The molecule has 2 aromatic carbocycles. The van der Waals surface area contributed by atoms with Crippen molar-refractivity contribution in [3.8, 4) is 0 Å². The zero-order valence-electron chi connectivity index (χ0n) is 15.5. The van der Waals surface area contributed by atoms with E-state index >= 15 is 0 Å². The summed E-state index contributed by atoms with van der Waals surface area (Å²) in [6, 6.07) is 14.8. The predicted molar refractivity (Wildman–Crippen MR) is 103 cm³/mol. The van der Waals surface area contributed by atoms with E-state index in [1.54, 1.807) is 19.1 Å². The van der Waals surface area contributed by atoms with Gasteiger partial charge in [-0.15, -0.1) is 0 Å². The predicted octanol–water partition coefficient (Wildman–Crippen LogP) is 2.20. The van der Waals surface area contributed by atoms with Crippen molar-refractivity contribution in [3.05, 3.63) is 65.7 Å². The Hall–Kier alpha value is -2.22. The van der Waals surface area contributed by atoms with Crippen molar-refractivity contribution in [3.63, 3.8) is 0 Å². The molecule has 0 heterocycles. The lowest BCUT2D eigenvalue weighted by Crippen LogP contribution is -2.47. The van der Waals surface area contributed by atoms with Crippen LogP contribution in [0.5, 0.6) is 0 Å². The highest BCUT2D eigenvalue weighted by atomic mass is 32.2. The third-order valence-electron chi connectivity index (χ3n) is 4.13. The summed E-state index contributed by atoms with van der Waals surface area (Å²) in [5.74, 6) is -0.845. The topological polar surface area (TPSA) is 92.7 Å². The number of aliphatic hydroxyl groups excluding tert-OH is 1. The summed E-state index contributed by atoms with van der Waals surface area (Å²) in [6.07, 6.45) is -0.845. The largest absolute Gasteiger partial charge is 0.464 e. The molecule has 0 aliphatic carbocycles. The fourth-order valence-corrected chi connectivity index (χ4v) is 3.90. The maximum Gasteiger partial charge on any atom is 0.336 e. The molecule has 0 aliphatic rings. The van der Waals surface area contributed by atoms with E-state index in [1.165, 1.54) is 12.1 Å². The molecule has 0 aromatic heterocycles. The van der Waals surface area contributed by atoms with E-state index in [0.29, 0.717) is 6.42 Å². The smallest absolute Gasteiger partial charge is 0.336 e. The molecule has 0 radical (unpaired) electrons. The summed E-state index contributed by atoms with van der Waals surface area (Å²) in [7, 11) is -3.89. The van der Waals surface area contributed by atoms with Crippen molar-refractivity contribution in [2.24, 2.45) is 0 Å². The van der Waals surface area contributed by atoms with Crippen molar-refractivity contribution in [1.29, 1.82) is 0 Å². The number of carbonyl (C=O) groups excluding carboxylic acids is 1. The SMILES string of the molecule is CCOC(=O)[C@@H](O)[C@@H](CCc1ccccc1)NS(=O)(=O)c1ccc(C)cc1. The van der Waals surface area contributed by atoms with Crippen LogP contribution in [0.25, 0.3) is 0 Å². The van der Waals surface area contributed by atoms with Gasteiger partial charge in [-0.1, -0.05) is 48.0 Å². The van der Waals surface area contributed by atoms with Crippen LogP contribution in [0.3, 0.4) is 0 Å². The Morgan fingerprint density at radius 3 is 2.33 bits per heavy atom. The molecule has 0 saturated carbocycles. The number of nitrogens with one attached hydrogen (secondary N) is 1. The van der Waals surface area contributed by atoms with Crippen LogP contribution in [0.1, 0.15) is 24.5 Å². The number of benzene rings is 2. The number of aliphatic hydroxyl groups is 1. The van der Waals surface area contributed by atoms with E-state index in [4.69, 9.17) is 4.74 Å². The van der Waals surface area contributed by atoms with E-state index in [1.807, 2.05) is 37.3 Å². The lowest BCUT2D eigenvalue weighted by Gasteiger charge is -2.23. The van der Waals surface area contributed by atoms with Crippen LogP contribution in [-0.4, -0.2) is 38.2 Å². The first-order valence-electron chi connectivity index (χ1n) is 8.81. The molecule has 0 fully saturated rings. The second-order valence-electron chi connectivity index (χ2n) is 6.26. The highest BCUT2D eigenvalue weighted by Gasteiger charge is 2.31. The molecule has 2 aromatic rings. The molecule has 0 bridgehead atoms. The van der Waals surface area contributed by atoms with Gasteiger partial charge in [-0.05, 0) is 44.4 Å². The standard InChI is InChI=1S/C20H25NO5S/c1-3-26-20(23)19(22)18(14-11-16-7-5-4-6-8-16)21-27(24,25)17-12-9-15(2)10-13-17/h4-10,12-13,18-19,21-22H,3,11,14H2,1-2H3/t18-,19+/m1/s1. The molecule has 7 heteroatoms. The van der Waals surface area contributed by atoms with Crippen molar-refractivity contribution >= 4 is 16.0 Å². The van der Waals surface area contributed by atoms with Gasteiger partial charge in [-0.2, -0.15) is 0 Å². The minimum atomic E-state index is -3.89. The van der Waals surface area contributed by atoms with Crippen molar-refractivity contribution < 1.29 is 23.1 Å². The number of rotatable bonds is 9. The van der Waals surface area contributed by atoms with E-state index in [0.717, 1.165) is 11.1 Å². The molecule has 2 N–H and O–H groups in total. The third-order valence-corrected chi connectivity index (χ3v) is 5.64. The van der Waals surface area contributed by atoms with E-state index in [-0.39, 0.29) is 17.9 Å². The van der Waals surface area contributed by atoms with Gasteiger partial charge in [-0.3, -0.25) is 0 Å². The van der Waals surface area contributed by atoms with E-state index in [2.05, 4.69) is 4.72 Å². The van der Waals surface area contributed by atoms with Gasteiger partial charge >= 0.3 is 5.97 Å². The Kier molecular flexibility index (Phi) is 7.53. The average molecular weight is 391 g/mol. The molecule has 2 rings (SSSR count). The molecule has 0 amide bonds. The minimum absolute atomic E-state index is 0.0777. The fraction of sp³-hybridized carbons (Fsp3) is 0.350. The van der Waals surface area contributed by atoms with Crippen LogP contribution in [0.15, 0.2) is 59.5 Å².